The summed E-state index contributed by atoms with van der Waals surface area (Å²) < 4.78 is 31.0. The zero-order valence-corrected chi connectivity index (χ0v) is 11.3. The molecule has 2 rings (SSSR count). The number of aromatic carboxylic acids is 1. The molecule has 0 radical (unpaired) electrons. The van der Waals surface area contributed by atoms with Crippen molar-refractivity contribution in [2.45, 2.75) is 30.5 Å². The van der Waals surface area contributed by atoms with Gasteiger partial charge >= 0.3 is 5.97 Å². The first-order valence-corrected chi connectivity index (χ1v) is 7.37. The van der Waals surface area contributed by atoms with Crippen LogP contribution in [0, 0.1) is 5.82 Å². The minimum atomic E-state index is -1.30. The maximum atomic E-state index is 13.5. The van der Waals surface area contributed by atoms with E-state index in [4.69, 9.17) is 9.84 Å². The Morgan fingerprint density at radius 1 is 1.58 bits per heavy atom. The van der Waals surface area contributed by atoms with Gasteiger partial charge in [-0.25, -0.2) is 9.18 Å². The van der Waals surface area contributed by atoms with Crippen molar-refractivity contribution in [3.63, 3.8) is 0 Å². The van der Waals surface area contributed by atoms with E-state index in [9.17, 15) is 13.4 Å². The molecule has 1 N–H and O–H groups in total. The van der Waals surface area contributed by atoms with Crippen molar-refractivity contribution in [3.05, 3.63) is 35.1 Å². The first-order valence-electron chi connectivity index (χ1n) is 5.99. The SMILES string of the molecule is CC1OCCC1S(=O)Cc1ccc(C(=O)O)c(F)c1. The van der Waals surface area contributed by atoms with Crippen LogP contribution in [0.3, 0.4) is 0 Å². The zero-order valence-electron chi connectivity index (χ0n) is 10.5. The van der Waals surface area contributed by atoms with Crippen LogP contribution in [0.5, 0.6) is 0 Å². The number of rotatable bonds is 4. The van der Waals surface area contributed by atoms with Gasteiger partial charge in [0.2, 0.25) is 0 Å². The molecule has 104 valence electrons. The fourth-order valence-electron chi connectivity index (χ4n) is 2.15. The highest BCUT2D eigenvalue weighted by atomic mass is 32.2. The van der Waals surface area contributed by atoms with E-state index in [2.05, 4.69) is 0 Å². The molecule has 1 heterocycles. The molecule has 19 heavy (non-hydrogen) atoms. The number of hydrogen-bond acceptors (Lipinski definition) is 3. The molecule has 1 aromatic rings. The normalized spacial score (nSPS) is 24.3. The highest BCUT2D eigenvalue weighted by Gasteiger charge is 2.29. The molecule has 4 nitrogen and oxygen atoms in total. The molecule has 1 saturated heterocycles. The zero-order chi connectivity index (χ0) is 14.0. The maximum absolute atomic E-state index is 13.5. The highest BCUT2D eigenvalue weighted by molar-refractivity contribution is 7.84. The first-order chi connectivity index (χ1) is 8.99. The van der Waals surface area contributed by atoms with Crippen LogP contribution in [0.2, 0.25) is 0 Å². The Morgan fingerprint density at radius 3 is 2.84 bits per heavy atom. The molecule has 3 unspecified atom stereocenters. The Bertz CT molecular complexity index is 517. The van der Waals surface area contributed by atoms with E-state index >= 15 is 0 Å². The van der Waals surface area contributed by atoms with Crippen molar-refractivity contribution in [3.8, 4) is 0 Å². The molecular weight excluding hydrogens is 271 g/mol. The molecule has 1 aliphatic rings. The summed E-state index contributed by atoms with van der Waals surface area (Å²) in [6.07, 6.45) is 0.688. The van der Waals surface area contributed by atoms with Crippen LogP contribution in [-0.4, -0.2) is 33.2 Å². The summed E-state index contributed by atoms with van der Waals surface area (Å²) in [6.45, 7) is 2.48. The Hall–Kier alpha value is -1.27. The number of hydrogen-bond donors (Lipinski definition) is 1. The van der Waals surface area contributed by atoms with Gasteiger partial charge in [0.25, 0.3) is 0 Å². The predicted octanol–water partition coefficient (Wildman–Crippen LogP) is 1.95. The molecule has 6 heteroatoms. The lowest BCUT2D eigenvalue weighted by Gasteiger charge is -2.13. The molecule has 0 bridgehead atoms. The van der Waals surface area contributed by atoms with E-state index in [0.717, 1.165) is 12.5 Å². The van der Waals surface area contributed by atoms with Crippen molar-refractivity contribution in [2.24, 2.45) is 0 Å². The standard InChI is InChI=1S/C13H15FO4S/c1-8-12(4-5-18-8)19(17)7-9-2-3-10(13(15)16)11(14)6-9/h2-3,6,8,12H,4-5,7H2,1H3,(H,15,16). The Labute approximate surface area is 113 Å². The van der Waals surface area contributed by atoms with Crippen LogP contribution in [0.25, 0.3) is 0 Å². The van der Waals surface area contributed by atoms with E-state index in [0.29, 0.717) is 12.2 Å². The predicted molar refractivity (Wildman–Crippen MR) is 69.0 cm³/mol. The first kappa shape index (κ1) is 14.1. The lowest BCUT2D eigenvalue weighted by atomic mass is 10.1. The van der Waals surface area contributed by atoms with Crippen LogP contribution < -0.4 is 0 Å². The van der Waals surface area contributed by atoms with Crippen LogP contribution in [-0.2, 0) is 21.3 Å². The van der Waals surface area contributed by atoms with Gasteiger partial charge in [0.05, 0.1) is 16.9 Å². The van der Waals surface area contributed by atoms with Crippen molar-refractivity contribution in [1.82, 2.24) is 0 Å². The summed E-state index contributed by atoms with van der Waals surface area (Å²) in [7, 11) is -1.14. The smallest absolute Gasteiger partial charge is 0.338 e. The Balaban J connectivity index is 2.09. The van der Waals surface area contributed by atoms with Crippen LogP contribution in [0.4, 0.5) is 4.39 Å². The van der Waals surface area contributed by atoms with Gasteiger partial charge < -0.3 is 9.84 Å². The number of carboxylic acid groups (broad SMARTS) is 1. The Morgan fingerprint density at radius 2 is 2.32 bits per heavy atom. The molecule has 0 saturated carbocycles. The molecule has 0 spiro atoms. The van der Waals surface area contributed by atoms with Gasteiger partial charge in [0.15, 0.2) is 0 Å². The number of carboxylic acids is 1. The van der Waals surface area contributed by atoms with E-state index in [1.807, 2.05) is 6.92 Å². The van der Waals surface area contributed by atoms with Crippen molar-refractivity contribution in [1.29, 1.82) is 0 Å². The lowest BCUT2D eigenvalue weighted by Crippen LogP contribution is -2.24. The number of benzene rings is 1. The minimum absolute atomic E-state index is 0.0396. The van der Waals surface area contributed by atoms with Crippen molar-refractivity contribution >= 4 is 16.8 Å². The lowest BCUT2D eigenvalue weighted by molar-refractivity contribution is 0.0692. The summed E-state index contributed by atoms with van der Waals surface area (Å²) >= 11 is 0. The highest BCUT2D eigenvalue weighted by Crippen LogP contribution is 2.22. The van der Waals surface area contributed by atoms with Gasteiger partial charge in [0, 0.05) is 23.2 Å². The molecule has 0 amide bonds. The average molecular weight is 286 g/mol. The summed E-state index contributed by atoms with van der Waals surface area (Å²) in [6, 6.07) is 3.85. The van der Waals surface area contributed by atoms with Gasteiger partial charge in [-0.2, -0.15) is 0 Å². The monoisotopic (exact) mass is 286 g/mol. The molecule has 0 aromatic heterocycles. The third kappa shape index (κ3) is 3.19. The summed E-state index contributed by atoms with van der Waals surface area (Å²) in [5, 5.41) is 8.69. The average Bonchev–Trinajstić information content (AvgIpc) is 2.75. The third-order valence-electron chi connectivity index (χ3n) is 3.22. The quantitative estimate of drug-likeness (QED) is 0.919. The van der Waals surface area contributed by atoms with Crippen LogP contribution in [0.15, 0.2) is 18.2 Å². The fraction of sp³-hybridized carbons (Fsp3) is 0.462. The van der Waals surface area contributed by atoms with Crippen LogP contribution >= 0.6 is 0 Å². The van der Waals surface area contributed by atoms with Gasteiger partial charge in [-0.05, 0) is 31.0 Å². The molecule has 3 atom stereocenters. The molecule has 1 aromatic carbocycles. The molecular formula is C13H15FO4S. The molecule has 1 aliphatic heterocycles. The third-order valence-corrected chi connectivity index (χ3v) is 5.13. The van der Waals surface area contributed by atoms with Gasteiger partial charge in [0.1, 0.15) is 5.82 Å². The van der Waals surface area contributed by atoms with Crippen LogP contribution in [0.1, 0.15) is 29.3 Å². The van der Waals surface area contributed by atoms with E-state index in [-0.39, 0.29) is 22.7 Å². The summed E-state index contributed by atoms with van der Waals surface area (Å²) in [4.78, 5) is 10.7. The second-order valence-electron chi connectivity index (χ2n) is 4.55. The number of carbonyl (C=O) groups is 1. The summed E-state index contributed by atoms with van der Waals surface area (Å²) in [5.74, 6) is -1.88. The second kappa shape index (κ2) is 5.79. The topological polar surface area (TPSA) is 63.6 Å². The molecule has 0 aliphatic carbocycles. The van der Waals surface area contributed by atoms with Gasteiger partial charge in [-0.3, -0.25) is 4.21 Å². The second-order valence-corrected chi connectivity index (χ2v) is 6.20. The largest absolute Gasteiger partial charge is 0.478 e. The maximum Gasteiger partial charge on any atom is 0.338 e. The summed E-state index contributed by atoms with van der Waals surface area (Å²) in [5.41, 5.74) is 0.173. The number of ether oxygens (including phenoxy) is 1. The fourth-order valence-corrected chi connectivity index (χ4v) is 3.74. The van der Waals surface area contributed by atoms with E-state index in [1.54, 1.807) is 0 Å². The Kier molecular flexibility index (Phi) is 4.31. The van der Waals surface area contributed by atoms with Crippen molar-refractivity contribution in [2.75, 3.05) is 6.61 Å². The number of halogens is 1. The van der Waals surface area contributed by atoms with Gasteiger partial charge in [-0.15, -0.1) is 0 Å². The minimum Gasteiger partial charge on any atom is -0.478 e. The van der Waals surface area contributed by atoms with Gasteiger partial charge in [-0.1, -0.05) is 6.07 Å². The van der Waals surface area contributed by atoms with E-state index < -0.39 is 22.6 Å². The van der Waals surface area contributed by atoms with Crippen molar-refractivity contribution < 1.29 is 23.2 Å². The van der Waals surface area contributed by atoms with E-state index in [1.165, 1.54) is 12.1 Å². The molecule has 1 fully saturated rings.